The quantitative estimate of drug-likeness (QED) is 0.845. The van der Waals surface area contributed by atoms with E-state index in [0.29, 0.717) is 17.2 Å². The number of hydrogen-bond acceptors (Lipinski definition) is 3. The van der Waals surface area contributed by atoms with Gasteiger partial charge in [-0.25, -0.2) is 10.3 Å². The highest BCUT2D eigenvalue weighted by molar-refractivity contribution is 6.33. The molecule has 1 saturated heterocycles. The molecule has 0 bridgehead atoms. The maximum Gasteiger partial charge on any atom is 0.276 e. The van der Waals surface area contributed by atoms with E-state index in [1.807, 2.05) is 0 Å². The first-order valence-corrected chi connectivity index (χ1v) is 5.97. The Morgan fingerprint density at radius 2 is 2.24 bits per heavy atom. The van der Waals surface area contributed by atoms with Gasteiger partial charge in [-0.2, -0.15) is 0 Å². The summed E-state index contributed by atoms with van der Waals surface area (Å²) in [6.07, 6.45) is 2.53. The molecule has 0 unspecified atom stereocenters. The summed E-state index contributed by atoms with van der Waals surface area (Å²) < 4.78 is 5.32. The first kappa shape index (κ1) is 12.4. The summed E-state index contributed by atoms with van der Waals surface area (Å²) in [5.41, 5.74) is 2.75. The van der Waals surface area contributed by atoms with E-state index in [9.17, 15) is 4.79 Å². The molecule has 5 heteroatoms. The Labute approximate surface area is 105 Å². The average Bonchev–Trinajstić information content (AvgIpc) is 2.38. The van der Waals surface area contributed by atoms with Crippen LogP contribution >= 0.6 is 11.6 Å². The molecule has 17 heavy (non-hydrogen) atoms. The Morgan fingerprint density at radius 3 is 2.94 bits per heavy atom. The highest BCUT2D eigenvalue weighted by Crippen LogP contribution is 2.16. The number of hydroxylamine groups is 1. The number of rotatable bonds is 3. The van der Waals surface area contributed by atoms with Gasteiger partial charge in [0.05, 0.1) is 10.6 Å². The molecule has 1 fully saturated rings. The van der Waals surface area contributed by atoms with E-state index < -0.39 is 0 Å². The zero-order valence-electron chi connectivity index (χ0n) is 9.32. The van der Waals surface area contributed by atoms with Gasteiger partial charge in [0.1, 0.15) is 0 Å². The lowest BCUT2D eigenvalue weighted by Gasteiger charge is -2.22. The van der Waals surface area contributed by atoms with Crippen LogP contribution in [0, 0.1) is 0 Å². The molecule has 1 aromatic carbocycles. The van der Waals surface area contributed by atoms with Gasteiger partial charge in [0, 0.05) is 13.0 Å². The van der Waals surface area contributed by atoms with E-state index in [4.69, 9.17) is 21.2 Å². The minimum atomic E-state index is -0.357. The highest BCUT2D eigenvalue weighted by atomic mass is 35.5. The molecule has 4 nitrogen and oxygen atoms in total. The van der Waals surface area contributed by atoms with E-state index in [0.717, 1.165) is 19.3 Å². The molecule has 0 saturated carbocycles. The molecule has 2 rings (SSSR count). The average molecular weight is 256 g/mol. The summed E-state index contributed by atoms with van der Waals surface area (Å²) in [7, 11) is 0. The zero-order valence-corrected chi connectivity index (χ0v) is 10.1. The molecule has 1 heterocycles. The van der Waals surface area contributed by atoms with Crippen LogP contribution in [-0.4, -0.2) is 18.8 Å². The van der Waals surface area contributed by atoms with Crippen molar-refractivity contribution in [3.8, 4) is 0 Å². The predicted molar refractivity (Wildman–Crippen MR) is 63.6 cm³/mol. The molecule has 0 radical (unpaired) electrons. The van der Waals surface area contributed by atoms with Crippen molar-refractivity contribution in [2.24, 2.45) is 0 Å². The number of carbonyl (C=O) groups excluding carboxylic acids is 1. The van der Waals surface area contributed by atoms with E-state index in [2.05, 4.69) is 5.48 Å². The van der Waals surface area contributed by atoms with E-state index in [-0.39, 0.29) is 12.2 Å². The number of ether oxygens (including phenoxy) is 1. The lowest BCUT2D eigenvalue weighted by Crippen LogP contribution is -2.33. The highest BCUT2D eigenvalue weighted by Gasteiger charge is 2.17. The molecular weight excluding hydrogens is 242 g/mol. The van der Waals surface area contributed by atoms with Gasteiger partial charge in [0.25, 0.3) is 5.91 Å². The fourth-order valence-electron chi connectivity index (χ4n) is 1.62. The van der Waals surface area contributed by atoms with Crippen LogP contribution in [0.1, 0.15) is 29.6 Å². The van der Waals surface area contributed by atoms with Crippen LogP contribution in [-0.2, 0) is 9.57 Å². The number of nitrogens with one attached hydrogen (secondary N) is 1. The maximum absolute atomic E-state index is 11.7. The number of hydrogen-bond donors (Lipinski definition) is 1. The Balaban J connectivity index is 1.87. The van der Waals surface area contributed by atoms with Gasteiger partial charge >= 0.3 is 0 Å². The first-order chi connectivity index (χ1) is 8.27. The maximum atomic E-state index is 11.7. The second-order valence-corrected chi connectivity index (χ2v) is 4.23. The van der Waals surface area contributed by atoms with Crippen molar-refractivity contribution < 1.29 is 14.4 Å². The van der Waals surface area contributed by atoms with Crippen LogP contribution in [0.3, 0.4) is 0 Å². The summed E-state index contributed by atoms with van der Waals surface area (Å²) in [5.74, 6) is -0.357. The minimum Gasteiger partial charge on any atom is -0.350 e. The monoisotopic (exact) mass is 255 g/mol. The summed E-state index contributed by atoms with van der Waals surface area (Å²) in [6, 6.07) is 6.82. The fourth-order valence-corrected chi connectivity index (χ4v) is 1.85. The first-order valence-electron chi connectivity index (χ1n) is 5.59. The van der Waals surface area contributed by atoms with Gasteiger partial charge in [-0.1, -0.05) is 23.7 Å². The molecule has 1 aromatic rings. The van der Waals surface area contributed by atoms with Crippen molar-refractivity contribution in [2.45, 2.75) is 25.6 Å². The van der Waals surface area contributed by atoms with Crippen molar-refractivity contribution >= 4 is 17.5 Å². The lowest BCUT2D eigenvalue weighted by molar-refractivity contribution is -0.186. The number of amides is 1. The summed E-state index contributed by atoms with van der Waals surface area (Å²) in [4.78, 5) is 16.9. The Morgan fingerprint density at radius 1 is 1.41 bits per heavy atom. The van der Waals surface area contributed by atoms with Crippen LogP contribution in [0.15, 0.2) is 24.3 Å². The van der Waals surface area contributed by atoms with Crippen molar-refractivity contribution in [3.63, 3.8) is 0 Å². The molecule has 0 spiro atoms. The molecule has 1 aliphatic rings. The summed E-state index contributed by atoms with van der Waals surface area (Å²) in [6.45, 7) is 0.673. The molecular formula is C12H14ClNO3. The summed E-state index contributed by atoms with van der Waals surface area (Å²) in [5, 5.41) is 0.401. The number of benzene rings is 1. The van der Waals surface area contributed by atoms with Crippen LogP contribution < -0.4 is 5.48 Å². The number of halogens is 1. The zero-order chi connectivity index (χ0) is 12.1. The molecule has 1 aliphatic heterocycles. The Hall–Kier alpha value is -1.10. The third-order valence-electron chi connectivity index (χ3n) is 2.54. The van der Waals surface area contributed by atoms with Crippen LogP contribution in [0.25, 0.3) is 0 Å². The lowest BCUT2D eigenvalue weighted by atomic mass is 10.2. The largest absolute Gasteiger partial charge is 0.350 e. The third kappa shape index (κ3) is 3.43. The predicted octanol–water partition coefficient (Wildman–Crippen LogP) is 2.53. The third-order valence-corrected chi connectivity index (χ3v) is 2.87. The van der Waals surface area contributed by atoms with E-state index in [1.54, 1.807) is 24.3 Å². The van der Waals surface area contributed by atoms with E-state index in [1.165, 1.54) is 0 Å². The van der Waals surface area contributed by atoms with Gasteiger partial charge in [-0.15, -0.1) is 0 Å². The molecule has 0 aromatic heterocycles. The van der Waals surface area contributed by atoms with Crippen molar-refractivity contribution in [3.05, 3.63) is 34.9 Å². The van der Waals surface area contributed by atoms with Crippen LogP contribution in [0.2, 0.25) is 5.02 Å². The Bertz CT molecular complexity index is 391. The second kappa shape index (κ2) is 6.00. The minimum absolute atomic E-state index is 0.352. The fraction of sp³-hybridized carbons (Fsp3) is 0.417. The van der Waals surface area contributed by atoms with Gasteiger partial charge in [-0.05, 0) is 25.0 Å². The molecule has 0 aliphatic carbocycles. The van der Waals surface area contributed by atoms with Crippen molar-refractivity contribution in [1.82, 2.24) is 5.48 Å². The second-order valence-electron chi connectivity index (χ2n) is 3.83. The van der Waals surface area contributed by atoms with Crippen molar-refractivity contribution in [1.29, 1.82) is 0 Å². The van der Waals surface area contributed by atoms with Crippen LogP contribution in [0.4, 0.5) is 0 Å². The molecule has 1 N–H and O–H groups in total. The standard InChI is InChI=1S/C12H14ClNO3/c13-10-6-2-1-5-9(10)12(15)14-17-11-7-3-4-8-16-11/h1-2,5-6,11H,3-4,7-8H2,(H,14,15)/t11-/m1/s1. The normalized spacial score (nSPS) is 19.9. The van der Waals surface area contributed by atoms with Crippen LogP contribution in [0.5, 0.6) is 0 Å². The van der Waals surface area contributed by atoms with Gasteiger partial charge in [0.2, 0.25) is 0 Å². The van der Waals surface area contributed by atoms with E-state index >= 15 is 0 Å². The SMILES string of the molecule is O=C(NO[C@@H]1CCCCO1)c1ccccc1Cl. The Kier molecular flexibility index (Phi) is 4.36. The molecule has 92 valence electrons. The summed E-state index contributed by atoms with van der Waals surface area (Å²) >= 11 is 5.89. The molecule has 1 amide bonds. The van der Waals surface area contributed by atoms with Gasteiger partial charge in [0.15, 0.2) is 6.29 Å². The topological polar surface area (TPSA) is 47.6 Å². The smallest absolute Gasteiger partial charge is 0.276 e. The molecule has 1 atom stereocenters. The van der Waals surface area contributed by atoms with Gasteiger partial charge < -0.3 is 4.74 Å². The van der Waals surface area contributed by atoms with Crippen molar-refractivity contribution in [2.75, 3.05) is 6.61 Å². The van der Waals surface area contributed by atoms with Gasteiger partial charge in [-0.3, -0.25) is 4.79 Å². The number of carbonyl (C=O) groups is 1.